The first kappa shape index (κ1) is 15.5. The van der Waals surface area contributed by atoms with Crippen molar-refractivity contribution in [1.82, 2.24) is 9.97 Å². The summed E-state index contributed by atoms with van der Waals surface area (Å²) in [6.07, 6.45) is 4.83. The summed E-state index contributed by atoms with van der Waals surface area (Å²) in [5.74, 6) is 1.72. The number of fused-ring (bicyclic) bond motifs is 3. The molecule has 1 aliphatic carbocycles. The van der Waals surface area contributed by atoms with Gasteiger partial charge in [0.25, 0.3) is 0 Å². The zero-order chi connectivity index (χ0) is 17.3. The van der Waals surface area contributed by atoms with E-state index < -0.39 is 0 Å². The second-order valence-electron chi connectivity index (χ2n) is 6.64. The lowest BCUT2D eigenvalue weighted by Crippen LogP contribution is -2.02. The van der Waals surface area contributed by atoms with E-state index in [0.29, 0.717) is 0 Å². The van der Waals surface area contributed by atoms with Crippen LogP contribution >= 0.6 is 11.3 Å². The van der Waals surface area contributed by atoms with Crippen LogP contribution in [-0.4, -0.2) is 9.97 Å². The Bertz CT molecular complexity index is 1060. The van der Waals surface area contributed by atoms with Crippen molar-refractivity contribution in [3.05, 3.63) is 71.1 Å². The van der Waals surface area contributed by atoms with E-state index in [2.05, 4.69) is 29.6 Å². The fourth-order valence-corrected chi connectivity index (χ4v) is 4.88. The number of nitrogens with one attached hydrogen (secondary N) is 1. The highest BCUT2D eigenvalue weighted by Gasteiger charge is 2.21. The van der Waals surface area contributed by atoms with Gasteiger partial charge in [-0.05, 0) is 43.4 Å². The van der Waals surface area contributed by atoms with E-state index in [1.165, 1.54) is 35.1 Å². The Hall–Kier alpha value is -2.72. The molecule has 0 amide bonds. The van der Waals surface area contributed by atoms with Crippen LogP contribution in [-0.2, 0) is 12.8 Å². The number of aryl methyl sites for hydroxylation is 2. The third-order valence-electron chi connectivity index (χ3n) is 4.88. The molecule has 0 spiro atoms. The zero-order valence-electron chi connectivity index (χ0n) is 14.4. The van der Waals surface area contributed by atoms with Crippen molar-refractivity contribution in [2.45, 2.75) is 25.7 Å². The van der Waals surface area contributed by atoms with E-state index in [9.17, 15) is 0 Å². The molecule has 1 N–H and O–H groups in total. The Balaban J connectivity index is 1.72. The summed E-state index contributed by atoms with van der Waals surface area (Å²) >= 11 is 1.84. The molecule has 0 bridgehead atoms. The maximum atomic E-state index is 4.93. The normalized spacial score (nSPS) is 13.5. The Morgan fingerprint density at radius 3 is 2.35 bits per heavy atom. The van der Waals surface area contributed by atoms with Gasteiger partial charge in [-0.25, -0.2) is 9.97 Å². The molecule has 3 nitrogen and oxygen atoms in total. The van der Waals surface area contributed by atoms with Crippen LogP contribution in [0, 0.1) is 0 Å². The van der Waals surface area contributed by atoms with Crippen molar-refractivity contribution in [3.63, 3.8) is 0 Å². The molecule has 128 valence electrons. The third-order valence-corrected chi connectivity index (χ3v) is 6.07. The summed E-state index contributed by atoms with van der Waals surface area (Å²) in [5.41, 5.74) is 3.56. The van der Waals surface area contributed by atoms with Gasteiger partial charge in [-0.15, -0.1) is 11.3 Å². The Morgan fingerprint density at radius 1 is 0.808 bits per heavy atom. The summed E-state index contributed by atoms with van der Waals surface area (Å²) in [7, 11) is 0. The largest absolute Gasteiger partial charge is 0.340 e. The van der Waals surface area contributed by atoms with Crippen LogP contribution in [0.2, 0.25) is 0 Å². The maximum Gasteiger partial charge on any atom is 0.163 e. The molecule has 0 atom stereocenters. The number of hydrogen-bond donors (Lipinski definition) is 1. The molecule has 0 aliphatic heterocycles. The molecule has 0 radical (unpaired) electrons. The monoisotopic (exact) mass is 357 g/mol. The fraction of sp³-hybridized carbons (Fsp3) is 0.182. The van der Waals surface area contributed by atoms with Crippen LogP contribution in [0.25, 0.3) is 21.6 Å². The lowest BCUT2D eigenvalue weighted by molar-refractivity contribution is 0.700. The maximum absolute atomic E-state index is 4.93. The van der Waals surface area contributed by atoms with E-state index in [1.54, 1.807) is 0 Å². The van der Waals surface area contributed by atoms with E-state index in [1.807, 2.05) is 47.7 Å². The minimum Gasteiger partial charge on any atom is -0.340 e. The van der Waals surface area contributed by atoms with Crippen LogP contribution < -0.4 is 5.32 Å². The highest BCUT2D eigenvalue weighted by atomic mass is 32.1. The molecule has 5 rings (SSSR count). The molecule has 2 aromatic heterocycles. The number of nitrogens with zero attached hydrogens (tertiary/aromatic N) is 2. The lowest BCUT2D eigenvalue weighted by atomic mass is 9.97. The second-order valence-corrected chi connectivity index (χ2v) is 7.73. The molecular formula is C22H19N3S. The third kappa shape index (κ3) is 2.76. The molecule has 0 fully saturated rings. The Kier molecular flexibility index (Phi) is 3.91. The minimum absolute atomic E-state index is 0.787. The van der Waals surface area contributed by atoms with Crippen molar-refractivity contribution in [2.24, 2.45) is 0 Å². The van der Waals surface area contributed by atoms with Crippen molar-refractivity contribution in [2.75, 3.05) is 5.32 Å². The first-order chi connectivity index (χ1) is 12.9. The SMILES string of the molecule is c1ccc(Nc2nc(-c3ccccc3)nc3sc4c(c23)CCCC4)cc1. The van der Waals surface area contributed by atoms with Crippen LogP contribution in [0.15, 0.2) is 60.7 Å². The van der Waals surface area contributed by atoms with Gasteiger partial charge in [0.1, 0.15) is 10.6 Å². The molecule has 0 saturated heterocycles. The highest BCUT2D eigenvalue weighted by Crippen LogP contribution is 2.40. The number of aromatic nitrogens is 2. The average molecular weight is 357 g/mol. The minimum atomic E-state index is 0.787. The number of thiophene rings is 1. The number of benzene rings is 2. The van der Waals surface area contributed by atoms with Crippen LogP contribution in [0.3, 0.4) is 0 Å². The van der Waals surface area contributed by atoms with Crippen LogP contribution in [0.4, 0.5) is 11.5 Å². The first-order valence-corrected chi connectivity index (χ1v) is 9.90. The van der Waals surface area contributed by atoms with Crippen molar-refractivity contribution < 1.29 is 0 Å². The van der Waals surface area contributed by atoms with Gasteiger partial charge in [0, 0.05) is 16.1 Å². The van der Waals surface area contributed by atoms with Gasteiger partial charge in [-0.3, -0.25) is 0 Å². The topological polar surface area (TPSA) is 37.8 Å². The summed E-state index contributed by atoms with van der Waals surface area (Å²) in [6.45, 7) is 0. The highest BCUT2D eigenvalue weighted by molar-refractivity contribution is 7.19. The molecule has 26 heavy (non-hydrogen) atoms. The van der Waals surface area contributed by atoms with Gasteiger partial charge in [-0.1, -0.05) is 48.5 Å². The number of rotatable bonds is 3. The van der Waals surface area contributed by atoms with Crippen molar-refractivity contribution in [3.8, 4) is 11.4 Å². The summed E-state index contributed by atoms with van der Waals surface area (Å²) < 4.78 is 0. The van der Waals surface area contributed by atoms with Gasteiger partial charge >= 0.3 is 0 Å². The molecule has 4 heteroatoms. The zero-order valence-corrected chi connectivity index (χ0v) is 15.2. The Labute approximate surface area is 156 Å². The summed E-state index contributed by atoms with van der Waals surface area (Å²) in [6, 6.07) is 20.5. The standard InChI is InChI=1S/C22H19N3S/c1-3-9-15(10-4-1)20-24-21(23-16-11-5-2-6-12-16)19-17-13-7-8-14-18(17)26-22(19)25-20/h1-6,9-12H,7-8,13-14H2,(H,23,24,25). The van der Waals surface area contributed by atoms with Gasteiger partial charge < -0.3 is 5.32 Å². The van der Waals surface area contributed by atoms with E-state index in [0.717, 1.165) is 34.1 Å². The summed E-state index contributed by atoms with van der Waals surface area (Å²) in [4.78, 5) is 12.4. The van der Waals surface area contributed by atoms with E-state index in [-0.39, 0.29) is 0 Å². The lowest BCUT2D eigenvalue weighted by Gasteiger charge is -2.13. The van der Waals surface area contributed by atoms with E-state index >= 15 is 0 Å². The number of hydrogen-bond acceptors (Lipinski definition) is 4. The van der Waals surface area contributed by atoms with Gasteiger partial charge in [0.15, 0.2) is 5.82 Å². The molecule has 0 saturated carbocycles. The average Bonchev–Trinajstić information content (AvgIpc) is 3.08. The molecule has 2 heterocycles. The molecule has 1 aliphatic rings. The van der Waals surface area contributed by atoms with Gasteiger partial charge in [0.2, 0.25) is 0 Å². The van der Waals surface area contributed by atoms with E-state index in [4.69, 9.17) is 9.97 Å². The van der Waals surface area contributed by atoms with Crippen molar-refractivity contribution in [1.29, 1.82) is 0 Å². The number of para-hydroxylation sites is 1. The predicted octanol–water partition coefficient (Wildman–Crippen LogP) is 5.98. The predicted molar refractivity (Wildman–Crippen MR) is 109 cm³/mol. The smallest absolute Gasteiger partial charge is 0.163 e. The van der Waals surface area contributed by atoms with Crippen molar-refractivity contribution >= 4 is 33.1 Å². The van der Waals surface area contributed by atoms with Gasteiger partial charge in [-0.2, -0.15) is 0 Å². The fourth-order valence-electron chi connectivity index (χ4n) is 3.62. The molecule has 0 unspecified atom stereocenters. The second kappa shape index (κ2) is 6.54. The first-order valence-electron chi connectivity index (χ1n) is 9.08. The Morgan fingerprint density at radius 2 is 1.54 bits per heavy atom. The van der Waals surface area contributed by atoms with Crippen LogP contribution in [0.1, 0.15) is 23.3 Å². The molecule has 2 aromatic carbocycles. The summed E-state index contributed by atoms with van der Waals surface area (Å²) in [5, 5.41) is 4.76. The quantitative estimate of drug-likeness (QED) is 0.490. The molecular weight excluding hydrogens is 338 g/mol. The van der Waals surface area contributed by atoms with Crippen LogP contribution in [0.5, 0.6) is 0 Å². The number of anilines is 2. The van der Waals surface area contributed by atoms with Gasteiger partial charge in [0.05, 0.1) is 5.39 Å². The molecule has 4 aromatic rings.